The van der Waals surface area contributed by atoms with E-state index in [0.29, 0.717) is 0 Å². The Morgan fingerprint density at radius 2 is 1.81 bits per heavy atom. The zero-order chi connectivity index (χ0) is 19.3. The Labute approximate surface area is 144 Å². The second-order valence-corrected chi connectivity index (χ2v) is 4.91. The Morgan fingerprint density at radius 3 is 2.42 bits per heavy atom. The summed E-state index contributed by atoms with van der Waals surface area (Å²) in [4.78, 5) is 22.9. The van der Waals surface area contributed by atoms with Gasteiger partial charge < -0.3 is 15.2 Å². The maximum Gasteiger partial charge on any atom is 0.573 e. The molecule has 0 bridgehead atoms. The van der Waals surface area contributed by atoms with Crippen molar-refractivity contribution in [3.63, 3.8) is 0 Å². The molecule has 5 nitrogen and oxygen atoms in total. The van der Waals surface area contributed by atoms with Gasteiger partial charge >= 0.3 is 12.3 Å². The fourth-order valence-electron chi connectivity index (χ4n) is 1.95. The van der Waals surface area contributed by atoms with E-state index in [0.717, 1.165) is 30.4 Å². The van der Waals surface area contributed by atoms with Crippen molar-refractivity contribution < 1.29 is 37.0 Å². The van der Waals surface area contributed by atoms with E-state index in [1.54, 1.807) is 0 Å². The summed E-state index contributed by atoms with van der Waals surface area (Å²) in [7, 11) is 0. The number of halogens is 4. The molecule has 0 aliphatic rings. The molecule has 2 aromatic rings. The van der Waals surface area contributed by atoms with Crippen molar-refractivity contribution in [1.82, 2.24) is 0 Å². The molecular weight excluding hydrogens is 358 g/mol. The van der Waals surface area contributed by atoms with Crippen LogP contribution in [0.1, 0.15) is 15.9 Å². The average Bonchev–Trinajstić information content (AvgIpc) is 2.54. The summed E-state index contributed by atoms with van der Waals surface area (Å²) >= 11 is 0. The van der Waals surface area contributed by atoms with Crippen molar-refractivity contribution in [3.8, 4) is 5.75 Å². The number of carboxylic acid groups (broad SMARTS) is 1. The monoisotopic (exact) mass is 369 g/mol. The van der Waals surface area contributed by atoms with E-state index in [2.05, 4.69) is 10.1 Å². The van der Waals surface area contributed by atoms with Gasteiger partial charge in [-0.1, -0.05) is 18.2 Å². The Kier molecular flexibility index (Phi) is 5.61. The summed E-state index contributed by atoms with van der Waals surface area (Å²) in [5.41, 5.74) is 0.0578. The summed E-state index contributed by atoms with van der Waals surface area (Å²) in [5.74, 6) is -4.17. The van der Waals surface area contributed by atoms with E-state index in [1.165, 1.54) is 24.3 Å². The third-order valence-electron chi connectivity index (χ3n) is 3.02. The Morgan fingerprint density at radius 1 is 1.12 bits per heavy atom. The minimum Gasteiger partial charge on any atom is -0.478 e. The van der Waals surface area contributed by atoms with E-state index < -0.39 is 29.8 Å². The molecule has 0 aliphatic heterocycles. The molecule has 0 heterocycles. The number of anilines is 1. The van der Waals surface area contributed by atoms with E-state index in [-0.39, 0.29) is 16.8 Å². The van der Waals surface area contributed by atoms with Crippen molar-refractivity contribution in [2.24, 2.45) is 0 Å². The van der Waals surface area contributed by atoms with Gasteiger partial charge in [0.1, 0.15) is 0 Å². The van der Waals surface area contributed by atoms with Gasteiger partial charge in [-0.15, -0.1) is 13.2 Å². The van der Waals surface area contributed by atoms with Crippen LogP contribution in [-0.4, -0.2) is 23.3 Å². The zero-order valence-electron chi connectivity index (χ0n) is 12.9. The Balaban J connectivity index is 2.09. The van der Waals surface area contributed by atoms with Crippen LogP contribution >= 0.6 is 0 Å². The molecule has 0 atom stereocenters. The van der Waals surface area contributed by atoms with Crippen LogP contribution in [0, 0.1) is 5.82 Å². The lowest BCUT2D eigenvalue weighted by molar-refractivity contribution is -0.275. The highest BCUT2D eigenvalue weighted by Crippen LogP contribution is 2.26. The molecule has 2 N–H and O–H groups in total. The van der Waals surface area contributed by atoms with Gasteiger partial charge in [-0.3, -0.25) is 4.79 Å². The predicted molar refractivity (Wildman–Crippen MR) is 84.1 cm³/mol. The van der Waals surface area contributed by atoms with Gasteiger partial charge in [0.2, 0.25) is 5.91 Å². The van der Waals surface area contributed by atoms with Crippen LogP contribution in [0.4, 0.5) is 23.2 Å². The molecular formula is C17H11F4NO4. The molecule has 0 aromatic heterocycles. The molecule has 0 fully saturated rings. The smallest absolute Gasteiger partial charge is 0.478 e. The maximum absolute atomic E-state index is 13.6. The summed E-state index contributed by atoms with van der Waals surface area (Å²) in [5, 5.41) is 11.4. The summed E-state index contributed by atoms with van der Waals surface area (Å²) in [6, 6.07) is 8.37. The Hall–Kier alpha value is -3.36. The number of amides is 1. The fourth-order valence-corrected chi connectivity index (χ4v) is 1.95. The van der Waals surface area contributed by atoms with Gasteiger partial charge in [-0.2, -0.15) is 0 Å². The van der Waals surface area contributed by atoms with Gasteiger partial charge in [0.05, 0.1) is 11.3 Å². The molecule has 2 rings (SSSR count). The first kappa shape index (κ1) is 19.0. The number of hydrogen-bond acceptors (Lipinski definition) is 3. The van der Waals surface area contributed by atoms with Gasteiger partial charge in [0.15, 0.2) is 11.6 Å². The third kappa shape index (κ3) is 5.33. The largest absolute Gasteiger partial charge is 0.573 e. The number of para-hydroxylation sites is 1. The normalized spacial score (nSPS) is 11.4. The number of nitrogens with one attached hydrogen (secondary N) is 1. The third-order valence-corrected chi connectivity index (χ3v) is 3.02. The number of carboxylic acids is 1. The fraction of sp³-hybridized carbons (Fsp3) is 0.0588. The quantitative estimate of drug-likeness (QED) is 0.615. The van der Waals surface area contributed by atoms with Gasteiger partial charge in [0.25, 0.3) is 0 Å². The number of hydrogen-bond donors (Lipinski definition) is 2. The highest BCUT2D eigenvalue weighted by Gasteiger charge is 2.32. The molecule has 0 saturated carbocycles. The van der Waals surface area contributed by atoms with Gasteiger partial charge in [-0.05, 0) is 35.9 Å². The number of aromatic carboxylic acids is 1. The summed E-state index contributed by atoms with van der Waals surface area (Å²) in [6.45, 7) is 0. The van der Waals surface area contributed by atoms with Crippen molar-refractivity contribution in [1.29, 1.82) is 0 Å². The van der Waals surface area contributed by atoms with E-state index in [1.807, 2.05) is 0 Å². The van der Waals surface area contributed by atoms with E-state index >= 15 is 0 Å². The first-order chi connectivity index (χ1) is 12.2. The van der Waals surface area contributed by atoms with Crippen molar-refractivity contribution in [3.05, 3.63) is 65.5 Å². The highest BCUT2D eigenvalue weighted by atomic mass is 19.4. The lowest BCUT2D eigenvalue weighted by Crippen LogP contribution is -2.17. The minimum absolute atomic E-state index is 0.0646. The molecule has 0 radical (unpaired) electrons. The molecule has 9 heteroatoms. The first-order valence-corrected chi connectivity index (χ1v) is 7.02. The van der Waals surface area contributed by atoms with Crippen LogP contribution in [0.3, 0.4) is 0 Å². The molecule has 0 spiro atoms. The zero-order valence-corrected chi connectivity index (χ0v) is 12.9. The molecule has 0 saturated heterocycles. The number of carbonyl (C=O) groups is 2. The number of rotatable bonds is 5. The van der Waals surface area contributed by atoms with Crippen LogP contribution in [-0.2, 0) is 4.79 Å². The summed E-state index contributed by atoms with van der Waals surface area (Å²) < 4.78 is 53.3. The van der Waals surface area contributed by atoms with Crippen molar-refractivity contribution >= 4 is 23.6 Å². The highest BCUT2D eigenvalue weighted by molar-refractivity contribution is 6.06. The summed E-state index contributed by atoms with van der Waals surface area (Å²) in [6.07, 6.45) is -2.88. The lowest BCUT2D eigenvalue weighted by atomic mass is 10.1. The van der Waals surface area contributed by atoms with Crippen LogP contribution < -0.4 is 10.1 Å². The predicted octanol–water partition coefficient (Wildman–Crippen LogP) is 4.07. The first-order valence-electron chi connectivity index (χ1n) is 7.02. The maximum atomic E-state index is 13.6. The lowest BCUT2D eigenvalue weighted by Gasteiger charge is -2.09. The second-order valence-electron chi connectivity index (χ2n) is 4.91. The van der Waals surface area contributed by atoms with Crippen molar-refractivity contribution in [2.45, 2.75) is 6.36 Å². The molecule has 26 heavy (non-hydrogen) atoms. The van der Waals surface area contributed by atoms with Crippen LogP contribution in [0.5, 0.6) is 5.75 Å². The van der Waals surface area contributed by atoms with Crippen LogP contribution in [0.25, 0.3) is 6.08 Å². The number of carbonyl (C=O) groups excluding carboxylic acids is 1. The van der Waals surface area contributed by atoms with E-state index in [4.69, 9.17) is 5.11 Å². The van der Waals surface area contributed by atoms with Crippen LogP contribution in [0.2, 0.25) is 0 Å². The molecule has 1 amide bonds. The number of benzene rings is 2. The molecule has 0 aliphatic carbocycles. The SMILES string of the molecule is O=C(/C=C/c1ccc(OC(F)(F)F)c(F)c1)Nc1ccccc1C(=O)O. The van der Waals surface area contributed by atoms with E-state index in [9.17, 15) is 27.2 Å². The average molecular weight is 369 g/mol. The second kappa shape index (κ2) is 7.68. The molecule has 0 unspecified atom stereocenters. The minimum atomic E-state index is -5.02. The van der Waals surface area contributed by atoms with Crippen LogP contribution in [0.15, 0.2) is 48.5 Å². The molecule has 136 valence electrons. The Bertz CT molecular complexity index is 862. The van der Waals surface area contributed by atoms with Crippen molar-refractivity contribution in [2.75, 3.05) is 5.32 Å². The van der Waals surface area contributed by atoms with Gasteiger partial charge in [0, 0.05) is 6.08 Å². The number of ether oxygens (including phenoxy) is 1. The topological polar surface area (TPSA) is 75.6 Å². The standard InChI is InChI=1S/C17H11F4NO4/c18-12-9-10(5-7-14(12)26-17(19,20)21)6-8-15(23)22-13-4-2-1-3-11(13)16(24)25/h1-9H,(H,22,23)(H,24,25)/b8-6+. The van der Waals surface area contributed by atoms with Gasteiger partial charge in [-0.25, -0.2) is 9.18 Å². The number of alkyl halides is 3. The molecule has 2 aromatic carbocycles.